The molecule has 1 saturated heterocycles. The molecule has 0 unspecified atom stereocenters. The molecule has 2 aromatic heterocycles. The van der Waals surface area contributed by atoms with Crippen molar-refractivity contribution in [2.45, 2.75) is 38.4 Å². The summed E-state index contributed by atoms with van der Waals surface area (Å²) in [7, 11) is 3.60. The Labute approximate surface area is 211 Å². The lowest BCUT2D eigenvalue weighted by molar-refractivity contribution is -0.120. The summed E-state index contributed by atoms with van der Waals surface area (Å²) < 4.78 is 3.93. The molecule has 1 fully saturated rings. The molecule has 3 heterocycles. The standard InChI is InChI=1S/C20H33N9OS.HI/c1-15(2)12-29-17(24-25-20(29)31-5)7-6-8-22-19(21-3)27-9-10-28(18(30)14-27)16-11-23-26(4)13-16;/h11,13,15H,6-10,12,14H2,1-5H3,(H,21,22);1H. The van der Waals surface area contributed by atoms with Gasteiger partial charge in [-0.3, -0.25) is 14.5 Å². The van der Waals surface area contributed by atoms with E-state index in [1.54, 1.807) is 34.6 Å². The average molecular weight is 576 g/mol. The Hall–Kier alpha value is -1.83. The van der Waals surface area contributed by atoms with Crippen LogP contribution >= 0.6 is 35.7 Å². The molecule has 1 aliphatic heterocycles. The van der Waals surface area contributed by atoms with Gasteiger partial charge in [-0.15, -0.1) is 34.2 Å². The fraction of sp³-hybridized carbons (Fsp3) is 0.650. The topological polar surface area (TPSA) is 96.5 Å². The first-order valence-electron chi connectivity index (χ1n) is 10.6. The number of aliphatic imine (C=N–C) groups is 1. The summed E-state index contributed by atoms with van der Waals surface area (Å²) in [6.07, 6.45) is 7.37. The van der Waals surface area contributed by atoms with E-state index in [1.807, 2.05) is 24.4 Å². The molecule has 0 radical (unpaired) electrons. The maximum atomic E-state index is 12.7. The van der Waals surface area contributed by atoms with Crippen molar-refractivity contribution in [3.63, 3.8) is 0 Å². The van der Waals surface area contributed by atoms with Gasteiger partial charge in [0, 0.05) is 52.9 Å². The van der Waals surface area contributed by atoms with Crippen LogP contribution in [0.4, 0.5) is 5.69 Å². The molecular formula is C20H34IN9OS. The van der Waals surface area contributed by atoms with Crippen LogP contribution in [-0.4, -0.2) is 80.8 Å². The number of aromatic nitrogens is 5. The van der Waals surface area contributed by atoms with E-state index in [0.29, 0.717) is 19.0 Å². The monoisotopic (exact) mass is 575 g/mol. The number of aryl methyl sites for hydroxylation is 2. The summed E-state index contributed by atoms with van der Waals surface area (Å²) in [5.74, 6) is 2.37. The Balaban J connectivity index is 0.00000363. The number of piperazine rings is 1. The molecule has 0 aliphatic carbocycles. The van der Waals surface area contributed by atoms with E-state index in [1.165, 1.54) is 0 Å². The molecule has 0 aromatic carbocycles. The van der Waals surface area contributed by atoms with Crippen LogP contribution in [0.3, 0.4) is 0 Å². The van der Waals surface area contributed by atoms with Gasteiger partial charge in [-0.25, -0.2) is 0 Å². The summed E-state index contributed by atoms with van der Waals surface area (Å²) >= 11 is 1.63. The van der Waals surface area contributed by atoms with Gasteiger partial charge < -0.3 is 19.7 Å². The minimum atomic E-state index is 0. The first kappa shape index (κ1) is 26.4. The van der Waals surface area contributed by atoms with Gasteiger partial charge in [0.05, 0.1) is 11.9 Å². The number of guanidine groups is 1. The van der Waals surface area contributed by atoms with E-state index in [4.69, 9.17) is 0 Å². The molecule has 3 rings (SSSR count). The van der Waals surface area contributed by atoms with Crippen molar-refractivity contribution in [2.24, 2.45) is 18.0 Å². The molecule has 0 atom stereocenters. The normalized spacial score (nSPS) is 14.8. The molecule has 1 N–H and O–H groups in total. The number of rotatable bonds is 8. The van der Waals surface area contributed by atoms with Gasteiger partial charge in [0.2, 0.25) is 5.91 Å². The zero-order valence-electron chi connectivity index (χ0n) is 19.5. The van der Waals surface area contributed by atoms with E-state index in [0.717, 1.165) is 55.1 Å². The maximum absolute atomic E-state index is 12.7. The van der Waals surface area contributed by atoms with Crippen LogP contribution < -0.4 is 10.2 Å². The number of amides is 1. The van der Waals surface area contributed by atoms with E-state index in [9.17, 15) is 4.79 Å². The summed E-state index contributed by atoms with van der Waals surface area (Å²) in [5, 5.41) is 17.2. The maximum Gasteiger partial charge on any atom is 0.246 e. The van der Waals surface area contributed by atoms with Gasteiger partial charge >= 0.3 is 0 Å². The molecule has 0 spiro atoms. The van der Waals surface area contributed by atoms with Crippen molar-refractivity contribution in [1.29, 1.82) is 0 Å². The zero-order chi connectivity index (χ0) is 22.4. The smallest absolute Gasteiger partial charge is 0.246 e. The molecule has 10 nitrogen and oxygen atoms in total. The lowest BCUT2D eigenvalue weighted by Crippen LogP contribution is -2.55. The van der Waals surface area contributed by atoms with E-state index < -0.39 is 0 Å². The summed E-state index contributed by atoms with van der Waals surface area (Å²) in [6.45, 7) is 7.72. The van der Waals surface area contributed by atoms with Crippen LogP contribution in [0.1, 0.15) is 26.1 Å². The third-order valence-electron chi connectivity index (χ3n) is 5.12. The Bertz CT molecular complexity index is 911. The number of carbonyl (C=O) groups is 1. The molecule has 178 valence electrons. The van der Waals surface area contributed by atoms with E-state index in [2.05, 4.69) is 44.0 Å². The summed E-state index contributed by atoms with van der Waals surface area (Å²) in [6, 6.07) is 0. The molecule has 1 aliphatic rings. The van der Waals surface area contributed by atoms with Crippen LogP contribution in [-0.2, 0) is 24.8 Å². The number of nitrogens with one attached hydrogen (secondary N) is 1. The Kier molecular flexibility index (Phi) is 10.3. The first-order valence-corrected chi connectivity index (χ1v) is 11.9. The van der Waals surface area contributed by atoms with Gasteiger partial charge in [-0.05, 0) is 18.6 Å². The highest BCUT2D eigenvalue weighted by Crippen LogP contribution is 2.17. The quantitative estimate of drug-likeness (QED) is 0.169. The van der Waals surface area contributed by atoms with Crippen LogP contribution in [0.5, 0.6) is 0 Å². The number of halogens is 1. The molecule has 12 heteroatoms. The molecule has 32 heavy (non-hydrogen) atoms. The number of anilines is 1. The van der Waals surface area contributed by atoms with Crippen LogP contribution in [0, 0.1) is 5.92 Å². The number of carbonyl (C=O) groups excluding carboxylic acids is 1. The highest BCUT2D eigenvalue weighted by Gasteiger charge is 2.27. The molecule has 0 bridgehead atoms. The van der Waals surface area contributed by atoms with E-state index in [-0.39, 0.29) is 29.9 Å². The fourth-order valence-corrected chi connectivity index (χ4v) is 4.18. The number of nitrogens with zero attached hydrogens (tertiary/aromatic N) is 8. The highest BCUT2D eigenvalue weighted by atomic mass is 127. The van der Waals surface area contributed by atoms with Crippen molar-refractivity contribution in [3.05, 3.63) is 18.2 Å². The second kappa shape index (κ2) is 12.4. The van der Waals surface area contributed by atoms with Gasteiger partial charge in [0.15, 0.2) is 11.1 Å². The second-order valence-electron chi connectivity index (χ2n) is 8.02. The minimum absolute atomic E-state index is 0. The zero-order valence-corrected chi connectivity index (χ0v) is 22.6. The predicted molar refractivity (Wildman–Crippen MR) is 139 cm³/mol. The van der Waals surface area contributed by atoms with E-state index >= 15 is 0 Å². The predicted octanol–water partition coefficient (Wildman–Crippen LogP) is 1.86. The number of hydrogen-bond acceptors (Lipinski definition) is 6. The third kappa shape index (κ3) is 6.59. The highest BCUT2D eigenvalue weighted by molar-refractivity contribution is 14.0. The lowest BCUT2D eigenvalue weighted by Gasteiger charge is -2.35. The van der Waals surface area contributed by atoms with Crippen LogP contribution in [0.15, 0.2) is 22.5 Å². The Morgan fingerprint density at radius 2 is 2.09 bits per heavy atom. The third-order valence-corrected chi connectivity index (χ3v) is 5.79. The van der Waals surface area contributed by atoms with Crippen molar-refractivity contribution < 1.29 is 4.79 Å². The van der Waals surface area contributed by atoms with Crippen molar-refractivity contribution >= 4 is 53.3 Å². The van der Waals surface area contributed by atoms with Gasteiger partial charge in [-0.2, -0.15) is 5.10 Å². The lowest BCUT2D eigenvalue weighted by atomic mass is 10.2. The second-order valence-corrected chi connectivity index (χ2v) is 8.80. The summed E-state index contributed by atoms with van der Waals surface area (Å²) in [4.78, 5) is 20.8. The van der Waals surface area contributed by atoms with Gasteiger partial charge in [0.25, 0.3) is 0 Å². The molecule has 2 aromatic rings. The molecule has 0 saturated carbocycles. The number of hydrogen-bond donors (Lipinski definition) is 1. The van der Waals surface area contributed by atoms with Crippen LogP contribution in [0.2, 0.25) is 0 Å². The fourth-order valence-electron chi connectivity index (χ4n) is 3.66. The molecular weight excluding hydrogens is 541 g/mol. The van der Waals surface area contributed by atoms with Gasteiger partial charge in [0.1, 0.15) is 12.4 Å². The SMILES string of the molecule is CN=C(NCCCc1nnc(SC)n1CC(C)C)N1CCN(c2cnn(C)c2)C(=O)C1.I. The van der Waals surface area contributed by atoms with Crippen molar-refractivity contribution in [2.75, 3.05) is 44.4 Å². The minimum Gasteiger partial charge on any atom is -0.356 e. The van der Waals surface area contributed by atoms with Gasteiger partial charge in [-0.1, -0.05) is 25.6 Å². The average Bonchev–Trinajstić information content (AvgIpc) is 3.33. The van der Waals surface area contributed by atoms with Crippen molar-refractivity contribution in [3.8, 4) is 0 Å². The largest absolute Gasteiger partial charge is 0.356 e. The van der Waals surface area contributed by atoms with Crippen molar-refractivity contribution in [1.82, 2.24) is 34.8 Å². The molecule has 1 amide bonds. The number of thioether (sulfide) groups is 1. The Morgan fingerprint density at radius 3 is 2.69 bits per heavy atom. The van der Waals surface area contributed by atoms with Crippen LogP contribution in [0.25, 0.3) is 0 Å². The Morgan fingerprint density at radius 1 is 1.31 bits per heavy atom. The summed E-state index contributed by atoms with van der Waals surface area (Å²) in [5.41, 5.74) is 0.838. The first-order chi connectivity index (χ1) is 14.9.